The summed E-state index contributed by atoms with van der Waals surface area (Å²) in [4.78, 5) is 24.1. The number of hydrogen-bond donors (Lipinski definition) is 1. The SMILES string of the molecule is CC(=O)c1ccc(SCC(=O)Nc2cc(C)nn2-c2cc(C)cc(C)c2)c(F)c1. The molecule has 29 heavy (non-hydrogen) atoms. The zero-order valence-corrected chi connectivity index (χ0v) is 17.6. The van der Waals surface area contributed by atoms with Gasteiger partial charge in [-0.3, -0.25) is 9.59 Å². The molecule has 0 saturated heterocycles. The summed E-state index contributed by atoms with van der Waals surface area (Å²) < 4.78 is 15.8. The van der Waals surface area contributed by atoms with E-state index in [1.165, 1.54) is 19.1 Å². The van der Waals surface area contributed by atoms with Crippen LogP contribution in [0.3, 0.4) is 0 Å². The van der Waals surface area contributed by atoms with E-state index < -0.39 is 5.82 Å². The van der Waals surface area contributed by atoms with E-state index in [-0.39, 0.29) is 17.4 Å². The van der Waals surface area contributed by atoms with E-state index in [0.717, 1.165) is 34.3 Å². The monoisotopic (exact) mass is 411 g/mol. The minimum absolute atomic E-state index is 0.0351. The van der Waals surface area contributed by atoms with Crippen LogP contribution in [0.25, 0.3) is 5.69 Å². The largest absolute Gasteiger partial charge is 0.310 e. The van der Waals surface area contributed by atoms with Gasteiger partial charge in [0.1, 0.15) is 11.6 Å². The first-order chi connectivity index (χ1) is 13.7. The van der Waals surface area contributed by atoms with Crippen LogP contribution in [0.1, 0.15) is 34.1 Å². The second-order valence-corrected chi connectivity index (χ2v) is 7.98. The van der Waals surface area contributed by atoms with Gasteiger partial charge >= 0.3 is 0 Å². The summed E-state index contributed by atoms with van der Waals surface area (Å²) in [6.07, 6.45) is 0. The first-order valence-corrected chi connectivity index (χ1v) is 10.1. The smallest absolute Gasteiger partial charge is 0.235 e. The van der Waals surface area contributed by atoms with Crippen LogP contribution in [-0.4, -0.2) is 27.2 Å². The van der Waals surface area contributed by atoms with Crippen molar-refractivity contribution in [2.45, 2.75) is 32.6 Å². The maximum absolute atomic E-state index is 14.1. The maximum atomic E-state index is 14.1. The zero-order chi connectivity index (χ0) is 21.1. The second kappa shape index (κ2) is 8.61. The van der Waals surface area contributed by atoms with Crippen LogP contribution < -0.4 is 5.32 Å². The zero-order valence-electron chi connectivity index (χ0n) is 16.7. The molecule has 1 N–H and O–H groups in total. The Bertz CT molecular complexity index is 1070. The van der Waals surface area contributed by atoms with Gasteiger partial charge in [-0.25, -0.2) is 9.07 Å². The molecule has 0 unspecified atom stereocenters. The Kier molecular flexibility index (Phi) is 6.17. The third-order valence-corrected chi connectivity index (χ3v) is 5.30. The Balaban J connectivity index is 1.72. The second-order valence-electron chi connectivity index (χ2n) is 6.97. The molecule has 1 aromatic heterocycles. The quantitative estimate of drug-likeness (QED) is 0.464. The van der Waals surface area contributed by atoms with E-state index in [2.05, 4.69) is 16.5 Å². The van der Waals surface area contributed by atoms with Gasteiger partial charge in [0, 0.05) is 16.5 Å². The summed E-state index contributed by atoms with van der Waals surface area (Å²) in [5.74, 6) is -0.381. The molecular formula is C22H22FN3O2S. The molecule has 0 saturated carbocycles. The summed E-state index contributed by atoms with van der Waals surface area (Å²) >= 11 is 1.08. The van der Waals surface area contributed by atoms with Crippen LogP contribution in [0.2, 0.25) is 0 Å². The summed E-state index contributed by atoms with van der Waals surface area (Å²) in [7, 11) is 0. The molecule has 0 radical (unpaired) electrons. The van der Waals surface area contributed by atoms with Gasteiger partial charge in [0.05, 0.1) is 17.1 Å². The number of halogens is 1. The topological polar surface area (TPSA) is 64.0 Å². The molecule has 0 spiro atoms. The Morgan fingerprint density at radius 2 is 1.76 bits per heavy atom. The highest BCUT2D eigenvalue weighted by molar-refractivity contribution is 8.00. The molecule has 0 fully saturated rings. The van der Waals surface area contributed by atoms with Gasteiger partial charge in [0.15, 0.2) is 5.78 Å². The van der Waals surface area contributed by atoms with Gasteiger partial charge in [-0.05, 0) is 63.1 Å². The number of benzene rings is 2. The van der Waals surface area contributed by atoms with Crippen molar-refractivity contribution in [1.82, 2.24) is 9.78 Å². The van der Waals surface area contributed by atoms with Crippen molar-refractivity contribution < 1.29 is 14.0 Å². The first kappa shape index (κ1) is 20.8. The number of anilines is 1. The van der Waals surface area contributed by atoms with Crippen molar-refractivity contribution in [1.29, 1.82) is 0 Å². The highest BCUT2D eigenvalue weighted by Crippen LogP contribution is 2.24. The fourth-order valence-corrected chi connectivity index (χ4v) is 3.74. The molecule has 0 aliphatic rings. The first-order valence-electron chi connectivity index (χ1n) is 9.11. The molecule has 3 rings (SSSR count). The van der Waals surface area contributed by atoms with Crippen LogP contribution >= 0.6 is 11.8 Å². The predicted octanol–water partition coefficient (Wildman–Crippen LogP) is 4.87. The van der Waals surface area contributed by atoms with Crippen molar-refractivity contribution in [2.75, 3.05) is 11.1 Å². The lowest BCUT2D eigenvalue weighted by molar-refractivity contribution is -0.113. The number of rotatable bonds is 6. The Hall–Kier alpha value is -2.93. The van der Waals surface area contributed by atoms with Crippen molar-refractivity contribution in [3.63, 3.8) is 0 Å². The fourth-order valence-electron chi connectivity index (χ4n) is 3.02. The molecule has 1 heterocycles. The minimum atomic E-state index is -0.508. The number of nitrogens with one attached hydrogen (secondary N) is 1. The lowest BCUT2D eigenvalue weighted by Crippen LogP contribution is -2.17. The number of hydrogen-bond acceptors (Lipinski definition) is 4. The molecule has 150 valence electrons. The summed E-state index contributed by atoms with van der Waals surface area (Å²) in [6, 6.07) is 12.1. The number of carbonyl (C=O) groups excluding carboxylic acids is 2. The van der Waals surface area contributed by atoms with Crippen molar-refractivity contribution in [2.24, 2.45) is 0 Å². The van der Waals surface area contributed by atoms with Crippen LogP contribution in [0, 0.1) is 26.6 Å². The van der Waals surface area contributed by atoms with E-state index in [4.69, 9.17) is 0 Å². The Morgan fingerprint density at radius 1 is 1.07 bits per heavy atom. The maximum Gasteiger partial charge on any atom is 0.235 e. The minimum Gasteiger partial charge on any atom is -0.310 e. The van der Waals surface area contributed by atoms with Crippen LogP contribution in [-0.2, 0) is 4.79 Å². The number of thioether (sulfide) groups is 1. The number of aromatic nitrogens is 2. The Morgan fingerprint density at radius 3 is 2.38 bits per heavy atom. The van der Waals surface area contributed by atoms with E-state index >= 15 is 0 Å². The average molecular weight is 412 g/mol. The fraction of sp³-hybridized carbons (Fsp3) is 0.227. The lowest BCUT2D eigenvalue weighted by Gasteiger charge is -2.11. The molecule has 2 aromatic carbocycles. The lowest BCUT2D eigenvalue weighted by atomic mass is 10.1. The van der Waals surface area contributed by atoms with Crippen LogP contribution in [0.15, 0.2) is 47.4 Å². The van der Waals surface area contributed by atoms with Crippen molar-refractivity contribution >= 4 is 29.3 Å². The van der Waals surface area contributed by atoms with Gasteiger partial charge in [0.2, 0.25) is 5.91 Å². The van der Waals surface area contributed by atoms with Gasteiger partial charge in [-0.15, -0.1) is 11.8 Å². The number of Topliss-reactive ketones (excluding diaryl/α,β-unsaturated/α-hetero) is 1. The van der Waals surface area contributed by atoms with Gasteiger partial charge in [-0.2, -0.15) is 5.10 Å². The van der Waals surface area contributed by atoms with Gasteiger partial charge < -0.3 is 5.32 Å². The van der Waals surface area contributed by atoms with Crippen LogP contribution in [0.4, 0.5) is 10.2 Å². The number of nitrogens with zero attached hydrogens (tertiary/aromatic N) is 2. The standard InChI is InChI=1S/C22H22FN3O2S/c1-13-7-14(2)9-18(8-13)26-21(10-15(3)25-26)24-22(28)12-29-20-6-5-17(16(4)27)11-19(20)23/h5-11H,12H2,1-4H3,(H,24,28). The summed E-state index contributed by atoms with van der Waals surface area (Å²) in [6.45, 7) is 7.26. The number of amides is 1. The van der Waals surface area contributed by atoms with E-state index in [9.17, 15) is 14.0 Å². The van der Waals surface area contributed by atoms with Crippen molar-refractivity contribution in [3.05, 3.63) is 70.7 Å². The van der Waals surface area contributed by atoms with Crippen molar-refractivity contribution in [3.8, 4) is 5.69 Å². The molecular weight excluding hydrogens is 389 g/mol. The highest BCUT2D eigenvalue weighted by Gasteiger charge is 2.13. The van der Waals surface area contributed by atoms with Crippen LogP contribution in [0.5, 0.6) is 0 Å². The molecule has 0 bridgehead atoms. The van der Waals surface area contributed by atoms with E-state index in [1.807, 2.05) is 32.9 Å². The third kappa shape index (κ3) is 5.12. The molecule has 5 nitrogen and oxygen atoms in total. The molecule has 3 aromatic rings. The molecule has 0 atom stereocenters. The van der Waals surface area contributed by atoms with Gasteiger partial charge in [0.25, 0.3) is 0 Å². The number of carbonyl (C=O) groups is 2. The normalized spacial score (nSPS) is 10.8. The molecule has 0 aliphatic heterocycles. The van der Waals surface area contributed by atoms with E-state index in [0.29, 0.717) is 16.3 Å². The highest BCUT2D eigenvalue weighted by atomic mass is 32.2. The molecule has 1 amide bonds. The number of ketones is 1. The van der Waals surface area contributed by atoms with Gasteiger partial charge in [-0.1, -0.05) is 12.1 Å². The molecule has 0 aliphatic carbocycles. The Labute approximate surface area is 173 Å². The number of aryl methyl sites for hydroxylation is 3. The van der Waals surface area contributed by atoms with E-state index in [1.54, 1.807) is 16.8 Å². The summed E-state index contributed by atoms with van der Waals surface area (Å²) in [5, 5.41) is 7.33. The predicted molar refractivity (Wildman–Crippen MR) is 114 cm³/mol. The molecule has 7 heteroatoms. The summed E-state index contributed by atoms with van der Waals surface area (Å²) in [5.41, 5.74) is 4.16. The average Bonchev–Trinajstić information content (AvgIpc) is 3.00. The third-order valence-electron chi connectivity index (χ3n) is 4.25.